The van der Waals surface area contributed by atoms with E-state index < -0.39 is 0 Å². The molecule has 1 amide bonds. The van der Waals surface area contributed by atoms with Crippen molar-refractivity contribution in [2.45, 2.75) is 33.1 Å². The number of nitrogens with zero attached hydrogens (tertiary/aromatic N) is 5. The van der Waals surface area contributed by atoms with Gasteiger partial charge in [0.25, 0.3) is 0 Å². The van der Waals surface area contributed by atoms with Gasteiger partial charge in [0, 0.05) is 35.2 Å². The quantitative estimate of drug-likeness (QED) is 0.262. The van der Waals surface area contributed by atoms with Gasteiger partial charge in [-0.05, 0) is 43.2 Å². The van der Waals surface area contributed by atoms with Gasteiger partial charge in [-0.1, -0.05) is 19.4 Å². The minimum Gasteiger partial charge on any atom is -0.352 e. The number of anilines is 1. The molecule has 0 fully saturated rings. The largest absolute Gasteiger partial charge is 0.352 e. The Morgan fingerprint density at radius 3 is 2.73 bits per heavy atom. The zero-order chi connectivity index (χ0) is 25.4. The summed E-state index contributed by atoms with van der Waals surface area (Å²) in [5, 5.41) is 12.7. The number of fused-ring (bicyclic) bond motifs is 2. The Bertz CT molecular complexity index is 1740. The molecule has 0 spiro atoms. The molecule has 0 bridgehead atoms. The number of carbonyl (C=O) groups excluding carboxylic acids is 1. The summed E-state index contributed by atoms with van der Waals surface area (Å²) < 4.78 is 1.98. The molecular weight excluding hydrogens is 464 g/mol. The van der Waals surface area contributed by atoms with E-state index in [1.165, 1.54) is 0 Å². The maximum atomic E-state index is 12.2. The molecular formula is C28H26N8O. The lowest BCUT2D eigenvalue weighted by Gasteiger charge is -2.07. The van der Waals surface area contributed by atoms with Crippen LogP contribution in [0.2, 0.25) is 0 Å². The van der Waals surface area contributed by atoms with E-state index in [9.17, 15) is 4.79 Å². The molecule has 0 saturated heterocycles. The smallest absolute Gasteiger partial charge is 0.224 e. The van der Waals surface area contributed by atoms with Crippen LogP contribution in [0.3, 0.4) is 0 Å². The van der Waals surface area contributed by atoms with Crippen LogP contribution in [-0.2, 0) is 4.79 Å². The van der Waals surface area contributed by atoms with Gasteiger partial charge in [0.1, 0.15) is 5.69 Å². The summed E-state index contributed by atoms with van der Waals surface area (Å²) in [5.74, 6) is 0.00639. The van der Waals surface area contributed by atoms with Gasteiger partial charge in [0.15, 0.2) is 0 Å². The highest BCUT2D eigenvalue weighted by molar-refractivity contribution is 5.99. The fourth-order valence-corrected chi connectivity index (χ4v) is 4.55. The number of nitrogens with one attached hydrogen (secondary N) is 3. The lowest BCUT2D eigenvalue weighted by atomic mass is 10.0. The summed E-state index contributed by atoms with van der Waals surface area (Å²) in [7, 11) is 0. The summed E-state index contributed by atoms with van der Waals surface area (Å²) in [5.41, 5.74) is 8.04. The van der Waals surface area contributed by atoms with Crippen LogP contribution in [0.15, 0.2) is 67.6 Å². The highest BCUT2D eigenvalue weighted by Crippen LogP contribution is 2.33. The molecule has 184 valence electrons. The summed E-state index contributed by atoms with van der Waals surface area (Å²) in [6.07, 6.45) is 13.3. The van der Waals surface area contributed by atoms with Crippen molar-refractivity contribution in [2.24, 2.45) is 0 Å². The molecule has 1 aromatic carbocycles. The van der Waals surface area contributed by atoms with Gasteiger partial charge in [-0.15, -0.1) is 0 Å². The normalized spacial score (nSPS) is 11.4. The molecule has 0 radical (unpaired) electrons. The van der Waals surface area contributed by atoms with Crippen molar-refractivity contribution in [2.75, 3.05) is 5.32 Å². The van der Waals surface area contributed by atoms with E-state index in [0.29, 0.717) is 12.1 Å². The average molecular weight is 491 g/mol. The minimum absolute atomic E-state index is 0.00639. The highest BCUT2D eigenvalue weighted by atomic mass is 16.1. The molecule has 0 aliphatic rings. The number of carbonyl (C=O) groups is 1. The number of benzene rings is 1. The van der Waals surface area contributed by atoms with Gasteiger partial charge in [-0.2, -0.15) is 5.10 Å². The molecule has 37 heavy (non-hydrogen) atoms. The first-order valence-electron chi connectivity index (χ1n) is 12.3. The molecule has 9 nitrogen and oxygen atoms in total. The number of H-pyrrole nitrogens is 2. The Morgan fingerprint density at radius 1 is 1.00 bits per heavy atom. The van der Waals surface area contributed by atoms with Gasteiger partial charge >= 0.3 is 0 Å². The Labute approximate surface area is 213 Å². The van der Waals surface area contributed by atoms with E-state index >= 15 is 0 Å². The summed E-state index contributed by atoms with van der Waals surface area (Å²) in [4.78, 5) is 28.8. The molecule has 6 rings (SSSR count). The van der Waals surface area contributed by atoms with Crippen LogP contribution in [0.1, 0.15) is 31.9 Å². The molecule has 9 heteroatoms. The fourth-order valence-electron chi connectivity index (χ4n) is 4.55. The molecule has 0 aliphatic heterocycles. The topological polar surface area (TPSA) is 117 Å². The van der Waals surface area contributed by atoms with Crippen molar-refractivity contribution in [3.63, 3.8) is 0 Å². The molecule has 0 saturated carbocycles. The van der Waals surface area contributed by atoms with E-state index in [-0.39, 0.29) is 5.91 Å². The Hall–Kier alpha value is -4.79. The lowest BCUT2D eigenvalue weighted by Crippen LogP contribution is -2.11. The minimum atomic E-state index is 0.00639. The fraction of sp³-hybridized carbons (Fsp3) is 0.179. The second kappa shape index (κ2) is 9.34. The zero-order valence-corrected chi connectivity index (χ0v) is 20.6. The van der Waals surface area contributed by atoms with Crippen LogP contribution in [0.5, 0.6) is 0 Å². The SMILES string of the molecule is CCCCC(=O)Nc1cncc(-c2ccc3[nH]nc(-c4cc5c(-n6cnc(C)c6)cncc5[nH]4)c3c2)c1. The molecule has 6 aromatic rings. The Balaban J connectivity index is 1.37. The van der Waals surface area contributed by atoms with E-state index in [0.717, 1.165) is 68.5 Å². The Morgan fingerprint density at radius 2 is 1.89 bits per heavy atom. The van der Waals surface area contributed by atoms with E-state index in [4.69, 9.17) is 0 Å². The van der Waals surface area contributed by atoms with Gasteiger partial charge < -0.3 is 14.9 Å². The maximum Gasteiger partial charge on any atom is 0.224 e. The van der Waals surface area contributed by atoms with Crippen molar-refractivity contribution < 1.29 is 4.79 Å². The average Bonchev–Trinajstić information content (AvgIpc) is 3.64. The third-order valence-corrected chi connectivity index (χ3v) is 6.45. The number of pyridine rings is 2. The number of amides is 1. The highest BCUT2D eigenvalue weighted by Gasteiger charge is 2.15. The molecule has 5 aromatic heterocycles. The predicted molar refractivity (Wildman–Crippen MR) is 144 cm³/mol. The van der Waals surface area contributed by atoms with Crippen LogP contribution in [0.25, 0.3) is 50.0 Å². The maximum absolute atomic E-state index is 12.2. The first-order chi connectivity index (χ1) is 18.1. The van der Waals surface area contributed by atoms with E-state index in [2.05, 4.69) is 54.5 Å². The summed E-state index contributed by atoms with van der Waals surface area (Å²) >= 11 is 0. The number of hydrogen-bond acceptors (Lipinski definition) is 5. The van der Waals surface area contributed by atoms with E-state index in [1.54, 1.807) is 18.7 Å². The van der Waals surface area contributed by atoms with Crippen molar-refractivity contribution >= 4 is 33.4 Å². The van der Waals surface area contributed by atoms with Crippen LogP contribution in [0, 0.1) is 6.92 Å². The van der Waals surface area contributed by atoms with Crippen molar-refractivity contribution in [1.82, 2.24) is 34.7 Å². The first-order valence-corrected chi connectivity index (χ1v) is 12.3. The number of aromatic nitrogens is 7. The number of rotatable bonds is 7. The van der Waals surface area contributed by atoms with Crippen molar-refractivity contribution in [1.29, 1.82) is 0 Å². The second-order valence-electron chi connectivity index (χ2n) is 9.17. The molecule has 0 unspecified atom stereocenters. The number of aromatic amines is 2. The molecule has 0 aliphatic carbocycles. The zero-order valence-electron chi connectivity index (χ0n) is 20.6. The molecule has 0 atom stereocenters. The molecule has 3 N–H and O–H groups in total. The number of hydrogen-bond donors (Lipinski definition) is 3. The summed E-state index contributed by atoms with van der Waals surface area (Å²) in [6.45, 7) is 4.04. The van der Waals surface area contributed by atoms with Crippen LogP contribution < -0.4 is 5.32 Å². The van der Waals surface area contributed by atoms with Gasteiger partial charge in [0.05, 0.1) is 58.7 Å². The molecule has 5 heterocycles. The number of aryl methyl sites for hydroxylation is 1. The standard InChI is InChI=1S/C28H26N8O/c1-3-4-5-27(37)32-20-8-19(11-29-12-20)18-6-7-23-22(9-18)28(35-34-23)24-10-21-25(33-24)13-30-14-26(21)36-15-17(2)31-16-36/h6-16,33H,3-5H2,1-2H3,(H,32,37)(H,34,35). The van der Waals surface area contributed by atoms with E-state index in [1.807, 2.05) is 48.3 Å². The van der Waals surface area contributed by atoms with Gasteiger partial charge in [-0.25, -0.2) is 4.98 Å². The Kier molecular flexibility index (Phi) is 5.72. The third kappa shape index (κ3) is 4.35. The van der Waals surface area contributed by atoms with Gasteiger partial charge in [-0.3, -0.25) is 19.9 Å². The summed E-state index contributed by atoms with van der Waals surface area (Å²) in [6, 6.07) is 10.2. The number of imidazole rings is 1. The van der Waals surface area contributed by atoms with Crippen LogP contribution in [0.4, 0.5) is 5.69 Å². The predicted octanol–water partition coefficient (Wildman–Crippen LogP) is 5.79. The van der Waals surface area contributed by atoms with Crippen molar-refractivity contribution in [3.05, 3.63) is 73.3 Å². The van der Waals surface area contributed by atoms with Crippen LogP contribution in [-0.4, -0.2) is 40.6 Å². The van der Waals surface area contributed by atoms with Gasteiger partial charge in [0.2, 0.25) is 5.91 Å². The monoisotopic (exact) mass is 490 g/mol. The van der Waals surface area contributed by atoms with Crippen LogP contribution >= 0.6 is 0 Å². The first kappa shape index (κ1) is 22.7. The van der Waals surface area contributed by atoms with Crippen molar-refractivity contribution in [3.8, 4) is 28.2 Å². The second-order valence-corrected chi connectivity index (χ2v) is 9.17. The number of unbranched alkanes of at least 4 members (excludes halogenated alkanes) is 1. The lowest BCUT2D eigenvalue weighted by molar-refractivity contribution is -0.116. The third-order valence-electron chi connectivity index (χ3n) is 6.45.